The van der Waals surface area contributed by atoms with Crippen molar-refractivity contribution in [2.24, 2.45) is 5.92 Å². The van der Waals surface area contributed by atoms with Crippen LogP contribution < -0.4 is 4.90 Å². The molecule has 2 aromatic rings. The molecular weight excluding hydrogens is 232 g/mol. The van der Waals surface area contributed by atoms with Gasteiger partial charge in [0.25, 0.3) is 0 Å². The van der Waals surface area contributed by atoms with E-state index in [0.717, 1.165) is 23.6 Å². The molecule has 0 aliphatic carbocycles. The molecule has 3 heterocycles. The molecule has 6 heteroatoms. The van der Waals surface area contributed by atoms with Crippen molar-refractivity contribution in [1.29, 1.82) is 0 Å². The lowest BCUT2D eigenvalue weighted by Gasteiger charge is -2.17. The van der Waals surface area contributed by atoms with Gasteiger partial charge in [0.05, 0.1) is 11.6 Å². The molecule has 0 saturated carbocycles. The van der Waals surface area contributed by atoms with Crippen LogP contribution in [-0.4, -0.2) is 38.8 Å². The summed E-state index contributed by atoms with van der Waals surface area (Å²) in [6.07, 6.45) is 4.17. The molecule has 3 rings (SSSR count). The molecule has 1 N–H and O–H groups in total. The molecule has 1 aliphatic heterocycles. The van der Waals surface area contributed by atoms with E-state index in [4.69, 9.17) is 5.11 Å². The molecule has 0 spiro atoms. The van der Waals surface area contributed by atoms with Gasteiger partial charge < -0.3 is 10.0 Å². The highest BCUT2D eigenvalue weighted by Crippen LogP contribution is 2.26. The zero-order chi connectivity index (χ0) is 12.7. The molecule has 94 valence electrons. The number of aliphatic carboxylic acids is 1. The summed E-state index contributed by atoms with van der Waals surface area (Å²) in [6.45, 7) is 3.18. The number of nitrogens with zero attached hydrogens (tertiary/aromatic N) is 4. The lowest BCUT2D eigenvalue weighted by Crippen LogP contribution is -2.24. The first-order chi connectivity index (χ1) is 8.65. The number of carbonyl (C=O) groups is 1. The molecule has 1 unspecified atom stereocenters. The Labute approximate surface area is 104 Å². The second-order valence-corrected chi connectivity index (χ2v) is 4.64. The standard InChI is InChI=1S/C12H14N4O2/c1-8-6-10-11(13-3-5-16(10)14-8)15-4-2-9(7-15)12(17)18/h3,5-6,9H,2,4,7H2,1H3,(H,17,18). The quantitative estimate of drug-likeness (QED) is 0.854. The number of carboxylic acid groups (broad SMARTS) is 1. The molecule has 2 aromatic heterocycles. The number of hydrogen-bond donors (Lipinski definition) is 1. The van der Waals surface area contributed by atoms with Crippen molar-refractivity contribution in [3.63, 3.8) is 0 Å². The van der Waals surface area contributed by atoms with E-state index in [1.165, 1.54) is 0 Å². The van der Waals surface area contributed by atoms with Gasteiger partial charge >= 0.3 is 5.97 Å². The van der Waals surface area contributed by atoms with Crippen molar-refractivity contribution in [3.05, 3.63) is 24.2 Å². The number of carboxylic acids is 1. The Kier molecular flexibility index (Phi) is 2.43. The van der Waals surface area contributed by atoms with E-state index < -0.39 is 5.97 Å². The van der Waals surface area contributed by atoms with Crippen LogP contribution in [0.4, 0.5) is 5.82 Å². The van der Waals surface area contributed by atoms with Gasteiger partial charge in [-0.05, 0) is 19.4 Å². The van der Waals surface area contributed by atoms with E-state index in [-0.39, 0.29) is 5.92 Å². The summed E-state index contributed by atoms with van der Waals surface area (Å²) in [4.78, 5) is 17.4. The lowest BCUT2D eigenvalue weighted by molar-refractivity contribution is -0.140. The molecule has 0 amide bonds. The number of aryl methyl sites for hydroxylation is 1. The maximum Gasteiger partial charge on any atom is 0.308 e. The highest BCUT2D eigenvalue weighted by molar-refractivity contribution is 5.74. The second-order valence-electron chi connectivity index (χ2n) is 4.64. The number of hydrogen-bond acceptors (Lipinski definition) is 4. The predicted molar refractivity (Wildman–Crippen MR) is 65.7 cm³/mol. The van der Waals surface area contributed by atoms with Gasteiger partial charge in [-0.2, -0.15) is 5.10 Å². The fourth-order valence-electron chi connectivity index (χ4n) is 2.43. The maximum absolute atomic E-state index is 11.0. The summed E-state index contributed by atoms with van der Waals surface area (Å²) in [6, 6.07) is 1.97. The summed E-state index contributed by atoms with van der Waals surface area (Å²) >= 11 is 0. The van der Waals surface area contributed by atoms with Gasteiger partial charge in [0.15, 0.2) is 5.82 Å². The van der Waals surface area contributed by atoms with Crippen molar-refractivity contribution >= 4 is 17.3 Å². The van der Waals surface area contributed by atoms with Gasteiger partial charge in [-0.15, -0.1) is 0 Å². The molecule has 1 atom stereocenters. The third-order valence-corrected chi connectivity index (χ3v) is 3.33. The fourth-order valence-corrected chi connectivity index (χ4v) is 2.43. The Morgan fingerprint density at radius 3 is 3.11 bits per heavy atom. The predicted octanol–water partition coefficient (Wildman–Crippen LogP) is 0.949. The SMILES string of the molecule is Cc1cc2c(N3CCC(C(=O)O)C3)nccn2n1. The summed E-state index contributed by atoms with van der Waals surface area (Å²) in [5.41, 5.74) is 1.86. The van der Waals surface area contributed by atoms with Crippen LogP contribution >= 0.6 is 0 Å². The first-order valence-corrected chi connectivity index (χ1v) is 5.94. The molecule has 0 bridgehead atoms. The molecule has 1 fully saturated rings. The van der Waals surface area contributed by atoms with Gasteiger partial charge in [-0.25, -0.2) is 9.50 Å². The maximum atomic E-state index is 11.0. The van der Waals surface area contributed by atoms with E-state index in [1.807, 2.05) is 17.9 Å². The first kappa shape index (κ1) is 11.0. The largest absolute Gasteiger partial charge is 0.481 e. The van der Waals surface area contributed by atoms with E-state index in [2.05, 4.69) is 10.1 Å². The average Bonchev–Trinajstić information content (AvgIpc) is 2.92. The molecular formula is C12H14N4O2. The topological polar surface area (TPSA) is 70.7 Å². The number of aromatic nitrogens is 3. The van der Waals surface area contributed by atoms with E-state index >= 15 is 0 Å². The zero-order valence-electron chi connectivity index (χ0n) is 10.1. The minimum atomic E-state index is -0.728. The zero-order valence-corrected chi connectivity index (χ0v) is 10.1. The second kappa shape index (κ2) is 3.97. The number of fused-ring (bicyclic) bond motifs is 1. The monoisotopic (exact) mass is 246 g/mol. The Hall–Kier alpha value is -2.11. The molecule has 18 heavy (non-hydrogen) atoms. The van der Waals surface area contributed by atoms with Crippen LogP contribution in [0.5, 0.6) is 0 Å². The third-order valence-electron chi connectivity index (χ3n) is 3.33. The smallest absolute Gasteiger partial charge is 0.308 e. The molecule has 6 nitrogen and oxygen atoms in total. The Morgan fingerprint density at radius 2 is 2.39 bits per heavy atom. The molecule has 0 aromatic carbocycles. The van der Waals surface area contributed by atoms with Crippen molar-refractivity contribution in [3.8, 4) is 0 Å². The summed E-state index contributed by atoms with van der Waals surface area (Å²) in [5.74, 6) is -0.202. The van der Waals surface area contributed by atoms with Gasteiger partial charge in [-0.1, -0.05) is 0 Å². The Bertz CT molecular complexity index is 607. The van der Waals surface area contributed by atoms with Crippen molar-refractivity contribution < 1.29 is 9.90 Å². The first-order valence-electron chi connectivity index (χ1n) is 5.94. The molecule has 0 radical (unpaired) electrons. The van der Waals surface area contributed by atoms with Gasteiger partial charge in [0, 0.05) is 25.5 Å². The van der Waals surface area contributed by atoms with Crippen LogP contribution in [0.2, 0.25) is 0 Å². The van der Waals surface area contributed by atoms with Crippen LogP contribution in [0.3, 0.4) is 0 Å². The lowest BCUT2D eigenvalue weighted by atomic mass is 10.1. The van der Waals surface area contributed by atoms with E-state index in [9.17, 15) is 4.79 Å². The average molecular weight is 246 g/mol. The summed E-state index contributed by atoms with van der Waals surface area (Å²) in [7, 11) is 0. The van der Waals surface area contributed by atoms with Gasteiger partial charge in [0.1, 0.15) is 5.52 Å². The van der Waals surface area contributed by atoms with Crippen LogP contribution in [0, 0.1) is 12.8 Å². The van der Waals surface area contributed by atoms with Crippen LogP contribution in [-0.2, 0) is 4.79 Å². The molecule has 1 saturated heterocycles. The molecule has 1 aliphatic rings. The van der Waals surface area contributed by atoms with E-state index in [1.54, 1.807) is 16.9 Å². The minimum Gasteiger partial charge on any atom is -0.481 e. The summed E-state index contributed by atoms with van der Waals surface area (Å²) in [5, 5.41) is 13.4. The minimum absolute atomic E-state index is 0.295. The van der Waals surface area contributed by atoms with Crippen molar-refractivity contribution in [1.82, 2.24) is 14.6 Å². The highest BCUT2D eigenvalue weighted by atomic mass is 16.4. The van der Waals surface area contributed by atoms with Gasteiger partial charge in [-0.3, -0.25) is 4.79 Å². The van der Waals surface area contributed by atoms with Crippen LogP contribution in [0.1, 0.15) is 12.1 Å². The van der Waals surface area contributed by atoms with Gasteiger partial charge in [0.2, 0.25) is 0 Å². The van der Waals surface area contributed by atoms with E-state index in [0.29, 0.717) is 13.0 Å². The third kappa shape index (κ3) is 1.70. The normalized spacial score (nSPS) is 19.6. The highest BCUT2D eigenvalue weighted by Gasteiger charge is 2.29. The van der Waals surface area contributed by atoms with Crippen LogP contribution in [0.25, 0.3) is 5.52 Å². The Balaban J connectivity index is 1.98. The van der Waals surface area contributed by atoms with Crippen molar-refractivity contribution in [2.45, 2.75) is 13.3 Å². The summed E-state index contributed by atoms with van der Waals surface area (Å²) < 4.78 is 1.78. The van der Waals surface area contributed by atoms with Crippen LogP contribution in [0.15, 0.2) is 18.5 Å². The Morgan fingerprint density at radius 1 is 1.56 bits per heavy atom. The fraction of sp³-hybridized carbons (Fsp3) is 0.417. The number of anilines is 1. The van der Waals surface area contributed by atoms with Crippen molar-refractivity contribution in [2.75, 3.05) is 18.0 Å². The number of rotatable bonds is 2.